The predicted octanol–water partition coefficient (Wildman–Crippen LogP) is 2.61. The highest BCUT2D eigenvalue weighted by molar-refractivity contribution is 5.89. The number of rotatable bonds is 6. The average Bonchev–Trinajstić information content (AvgIpc) is 2.38. The van der Waals surface area contributed by atoms with Gasteiger partial charge in [-0.3, -0.25) is 9.78 Å². The van der Waals surface area contributed by atoms with Crippen LogP contribution >= 0.6 is 0 Å². The van der Waals surface area contributed by atoms with E-state index in [0.717, 1.165) is 6.42 Å². The number of carbonyl (C=O) groups is 2. The third-order valence-corrected chi connectivity index (χ3v) is 3.20. The van der Waals surface area contributed by atoms with Gasteiger partial charge < -0.3 is 15.3 Å². The molecule has 2 N–H and O–H groups in total. The van der Waals surface area contributed by atoms with Crippen LogP contribution in [0.2, 0.25) is 0 Å². The number of carboxylic acid groups (broad SMARTS) is 1. The van der Waals surface area contributed by atoms with Gasteiger partial charge in [-0.25, -0.2) is 4.79 Å². The molecule has 0 saturated carbocycles. The molecule has 1 atom stereocenters. The van der Waals surface area contributed by atoms with Crippen molar-refractivity contribution in [2.45, 2.75) is 39.7 Å². The third kappa shape index (κ3) is 5.81. The molecule has 0 spiro atoms. The Balaban J connectivity index is 2.59. The Morgan fingerprint density at radius 3 is 2.48 bits per heavy atom. The predicted molar refractivity (Wildman–Crippen MR) is 81.3 cm³/mol. The summed E-state index contributed by atoms with van der Waals surface area (Å²) in [4.78, 5) is 28.3. The summed E-state index contributed by atoms with van der Waals surface area (Å²) in [6, 6.07) is 3.20. The normalized spacial score (nSPS) is 12.0. The number of nitrogens with zero attached hydrogens (tertiary/aromatic N) is 2. The molecule has 1 rings (SSSR count). The Morgan fingerprint density at radius 2 is 2.00 bits per heavy atom. The topological polar surface area (TPSA) is 82.5 Å². The van der Waals surface area contributed by atoms with E-state index < -0.39 is 5.97 Å². The summed E-state index contributed by atoms with van der Waals surface area (Å²) < 4.78 is 0. The van der Waals surface area contributed by atoms with Crippen LogP contribution in [0.1, 0.15) is 32.9 Å². The van der Waals surface area contributed by atoms with E-state index in [9.17, 15) is 9.59 Å². The second kappa shape index (κ2) is 7.61. The summed E-state index contributed by atoms with van der Waals surface area (Å²) >= 11 is 0. The lowest BCUT2D eigenvalue weighted by molar-refractivity contribution is -0.136. The van der Waals surface area contributed by atoms with Crippen molar-refractivity contribution in [1.29, 1.82) is 0 Å². The highest BCUT2D eigenvalue weighted by Gasteiger charge is 2.16. The lowest BCUT2D eigenvalue weighted by Gasteiger charge is -2.26. The number of anilines is 1. The van der Waals surface area contributed by atoms with Gasteiger partial charge in [0, 0.05) is 13.1 Å². The van der Waals surface area contributed by atoms with Gasteiger partial charge in [0.25, 0.3) is 0 Å². The number of nitrogens with one attached hydrogen (secondary N) is 1. The quantitative estimate of drug-likeness (QED) is 0.844. The van der Waals surface area contributed by atoms with Crippen LogP contribution in [0, 0.1) is 5.92 Å². The molecular weight excluding hydrogens is 270 g/mol. The van der Waals surface area contributed by atoms with Crippen molar-refractivity contribution in [3.8, 4) is 0 Å². The van der Waals surface area contributed by atoms with Crippen molar-refractivity contribution >= 4 is 17.7 Å². The van der Waals surface area contributed by atoms with Crippen LogP contribution in [-0.4, -0.2) is 40.1 Å². The highest BCUT2D eigenvalue weighted by atomic mass is 16.4. The average molecular weight is 293 g/mol. The number of amides is 2. The first-order valence-corrected chi connectivity index (χ1v) is 7.00. The molecule has 1 aromatic heterocycles. The van der Waals surface area contributed by atoms with E-state index in [2.05, 4.69) is 24.1 Å². The van der Waals surface area contributed by atoms with Crippen LogP contribution in [0.3, 0.4) is 0 Å². The fourth-order valence-electron chi connectivity index (χ4n) is 2.01. The Morgan fingerprint density at radius 1 is 1.33 bits per heavy atom. The molecule has 6 heteroatoms. The number of carboxylic acids is 1. The Labute approximate surface area is 125 Å². The molecule has 0 aromatic carbocycles. The van der Waals surface area contributed by atoms with Crippen molar-refractivity contribution in [1.82, 2.24) is 9.88 Å². The minimum Gasteiger partial charge on any atom is -0.481 e. The summed E-state index contributed by atoms with van der Waals surface area (Å²) in [7, 11) is 1.76. The number of pyridine rings is 1. The molecule has 2 amide bonds. The minimum atomic E-state index is -0.929. The fraction of sp³-hybridized carbons (Fsp3) is 0.533. The zero-order valence-corrected chi connectivity index (χ0v) is 13.0. The number of aromatic nitrogens is 1. The fourth-order valence-corrected chi connectivity index (χ4v) is 2.01. The van der Waals surface area contributed by atoms with Crippen LogP contribution in [0.15, 0.2) is 18.3 Å². The van der Waals surface area contributed by atoms with Gasteiger partial charge >= 0.3 is 12.0 Å². The van der Waals surface area contributed by atoms with Crippen molar-refractivity contribution in [3.63, 3.8) is 0 Å². The molecule has 0 aliphatic rings. The van der Waals surface area contributed by atoms with E-state index >= 15 is 0 Å². The van der Waals surface area contributed by atoms with E-state index in [0.29, 0.717) is 17.3 Å². The molecule has 1 aromatic rings. The molecular formula is C15H23N3O3. The zero-order valence-electron chi connectivity index (χ0n) is 13.0. The van der Waals surface area contributed by atoms with Gasteiger partial charge in [0.15, 0.2) is 0 Å². The molecule has 116 valence electrons. The maximum Gasteiger partial charge on any atom is 0.321 e. The molecule has 0 aliphatic carbocycles. The van der Waals surface area contributed by atoms with Crippen LogP contribution in [0.25, 0.3) is 0 Å². The summed E-state index contributed by atoms with van der Waals surface area (Å²) in [6.07, 6.45) is 2.27. The number of hydrogen-bond donors (Lipinski definition) is 2. The van der Waals surface area contributed by atoms with E-state index in [1.165, 1.54) is 6.20 Å². The standard InChI is InChI=1S/C15H23N3O3/c1-10(2)7-11(3)18(4)15(21)17-13-6-5-12(16-9-13)8-14(19)20/h5-6,9-11H,7-8H2,1-4H3,(H,17,21)(H,19,20). The summed E-state index contributed by atoms with van der Waals surface area (Å²) in [6.45, 7) is 6.24. The smallest absolute Gasteiger partial charge is 0.321 e. The van der Waals surface area contributed by atoms with E-state index in [4.69, 9.17) is 5.11 Å². The zero-order chi connectivity index (χ0) is 16.0. The second-order valence-corrected chi connectivity index (χ2v) is 5.63. The summed E-state index contributed by atoms with van der Waals surface area (Å²) in [5.41, 5.74) is 1.01. The Hall–Kier alpha value is -2.11. The van der Waals surface area contributed by atoms with E-state index in [-0.39, 0.29) is 18.5 Å². The number of aliphatic carboxylic acids is 1. The lowest BCUT2D eigenvalue weighted by atomic mass is 10.0. The third-order valence-electron chi connectivity index (χ3n) is 3.20. The van der Waals surface area contributed by atoms with Gasteiger partial charge in [-0.15, -0.1) is 0 Å². The molecule has 6 nitrogen and oxygen atoms in total. The molecule has 0 saturated heterocycles. The van der Waals surface area contributed by atoms with E-state index in [1.54, 1.807) is 24.1 Å². The SMILES string of the molecule is CC(C)CC(C)N(C)C(=O)Nc1ccc(CC(=O)O)nc1. The van der Waals surface area contributed by atoms with Crippen LogP contribution in [0.4, 0.5) is 10.5 Å². The first kappa shape index (κ1) is 16.9. The van der Waals surface area contributed by atoms with Gasteiger partial charge in [-0.1, -0.05) is 13.8 Å². The maximum atomic E-state index is 12.1. The molecule has 0 aliphatic heterocycles. The molecule has 21 heavy (non-hydrogen) atoms. The van der Waals surface area contributed by atoms with Crippen molar-refractivity contribution in [2.24, 2.45) is 5.92 Å². The second-order valence-electron chi connectivity index (χ2n) is 5.63. The van der Waals surface area contributed by atoms with Gasteiger partial charge in [0.2, 0.25) is 0 Å². The molecule has 0 fully saturated rings. The van der Waals surface area contributed by atoms with Crippen LogP contribution < -0.4 is 5.32 Å². The first-order valence-electron chi connectivity index (χ1n) is 7.00. The molecule has 1 unspecified atom stereocenters. The number of urea groups is 1. The van der Waals surface area contributed by atoms with Gasteiger partial charge in [0.1, 0.15) is 0 Å². The van der Waals surface area contributed by atoms with Crippen molar-refractivity contribution in [2.75, 3.05) is 12.4 Å². The first-order chi connectivity index (χ1) is 9.79. The van der Waals surface area contributed by atoms with Gasteiger partial charge in [-0.2, -0.15) is 0 Å². The van der Waals surface area contributed by atoms with Gasteiger partial charge in [0.05, 0.1) is 24.0 Å². The largest absolute Gasteiger partial charge is 0.481 e. The number of carbonyl (C=O) groups excluding carboxylic acids is 1. The summed E-state index contributed by atoms with van der Waals surface area (Å²) in [5, 5.41) is 11.4. The molecule has 1 heterocycles. The maximum absolute atomic E-state index is 12.1. The van der Waals surface area contributed by atoms with Crippen LogP contribution in [-0.2, 0) is 11.2 Å². The molecule has 0 bridgehead atoms. The van der Waals surface area contributed by atoms with Crippen molar-refractivity contribution < 1.29 is 14.7 Å². The summed E-state index contributed by atoms with van der Waals surface area (Å²) in [5.74, 6) is -0.409. The molecule has 0 radical (unpaired) electrons. The van der Waals surface area contributed by atoms with Crippen molar-refractivity contribution in [3.05, 3.63) is 24.0 Å². The van der Waals surface area contributed by atoms with Gasteiger partial charge in [-0.05, 0) is 31.4 Å². The van der Waals surface area contributed by atoms with E-state index in [1.807, 2.05) is 6.92 Å². The van der Waals surface area contributed by atoms with Crippen LogP contribution in [0.5, 0.6) is 0 Å². The Kier molecular flexibility index (Phi) is 6.14. The minimum absolute atomic E-state index is 0.125. The Bertz CT molecular complexity index is 485. The monoisotopic (exact) mass is 293 g/mol. The highest BCUT2D eigenvalue weighted by Crippen LogP contribution is 2.12. The lowest BCUT2D eigenvalue weighted by Crippen LogP contribution is -2.38. The number of hydrogen-bond acceptors (Lipinski definition) is 3.